The number of hydrogen-bond acceptors (Lipinski definition) is 5. The van der Waals surface area contributed by atoms with Crippen LogP contribution in [0, 0.1) is 5.82 Å². The Balaban J connectivity index is 2.35. The number of hydrogen-bond donors (Lipinski definition) is 2. The van der Waals surface area contributed by atoms with Crippen LogP contribution in [0.25, 0.3) is 0 Å². The predicted octanol–water partition coefficient (Wildman–Crippen LogP) is 0.174. The van der Waals surface area contributed by atoms with E-state index < -0.39 is 42.7 Å². The summed E-state index contributed by atoms with van der Waals surface area (Å²) in [4.78, 5) is -0.598. The molecule has 1 aromatic carbocycles. The lowest BCUT2D eigenvalue weighted by molar-refractivity contribution is 0.281. The average Bonchev–Trinajstić information content (AvgIpc) is 2.62. The summed E-state index contributed by atoms with van der Waals surface area (Å²) >= 11 is 0. The minimum atomic E-state index is -4.22. The van der Waals surface area contributed by atoms with Gasteiger partial charge in [-0.25, -0.2) is 25.9 Å². The summed E-state index contributed by atoms with van der Waals surface area (Å²) in [6, 6.07) is 3.26. The molecular formula is C12H16FNO5S2. The highest BCUT2D eigenvalue weighted by Crippen LogP contribution is 2.26. The van der Waals surface area contributed by atoms with E-state index in [0.717, 1.165) is 12.1 Å². The molecule has 1 saturated heterocycles. The van der Waals surface area contributed by atoms with Crippen LogP contribution in [0.5, 0.6) is 0 Å². The molecule has 2 rings (SSSR count). The molecule has 6 nitrogen and oxygen atoms in total. The Kier molecular flexibility index (Phi) is 4.13. The Bertz CT molecular complexity index is 760. The number of halogens is 1. The van der Waals surface area contributed by atoms with E-state index in [2.05, 4.69) is 4.72 Å². The molecule has 1 atom stereocenters. The van der Waals surface area contributed by atoms with E-state index in [4.69, 9.17) is 5.11 Å². The minimum Gasteiger partial charge on any atom is -0.392 e. The monoisotopic (exact) mass is 337 g/mol. The topological polar surface area (TPSA) is 101 Å². The summed E-state index contributed by atoms with van der Waals surface area (Å²) in [6.07, 6.45) is 0.135. The van der Waals surface area contributed by atoms with Crippen molar-refractivity contribution >= 4 is 19.9 Å². The Hall–Kier alpha value is -1.03. The van der Waals surface area contributed by atoms with Gasteiger partial charge in [-0.05, 0) is 31.0 Å². The van der Waals surface area contributed by atoms with Gasteiger partial charge in [0.2, 0.25) is 10.0 Å². The van der Waals surface area contributed by atoms with Crippen molar-refractivity contribution < 1.29 is 26.3 Å². The summed E-state index contributed by atoms with van der Waals surface area (Å²) in [5.74, 6) is -1.38. The molecule has 9 heteroatoms. The van der Waals surface area contributed by atoms with Crippen molar-refractivity contribution in [2.75, 3.05) is 11.5 Å². The number of rotatable bonds is 4. The van der Waals surface area contributed by atoms with E-state index in [1.807, 2.05) is 0 Å². The highest BCUT2D eigenvalue weighted by atomic mass is 32.2. The van der Waals surface area contributed by atoms with Crippen molar-refractivity contribution in [1.29, 1.82) is 0 Å². The number of nitrogens with one attached hydrogen (secondary N) is 1. The van der Waals surface area contributed by atoms with Gasteiger partial charge in [-0.2, -0.15) is 0 Å². The van der Waals surface area contributed by atoms with Crippen LogP contribution in [-0.2, 0) is 26.5 Å². The van der Waals surface area contributed by atoms with Gasteiger partial charge < -0.3 is 5.11 Å². The first-order valence-electron chi connectivity index (χ1n) is 6.21. The molecule has 0 saturated carbocycles. The lowest BCUT2D eigenvalue weighted by Gasteiger charge is -2.23. The van der Waals surface area contributed by atoms with Crippen LogP contribution < -0.4 is 4.72 Å². The van der Waals surface area contributed by atoms with Gasteiger partial charge in [0.05, 0.1) is 18.1 Å². The van der Waals surface area contributed by atoms with Crippen LogP contribution in [0.3, 0.4) is 0 Å². The first kappa shape index (κ1) is 16.3. The lowest BCUT2D eigenvalue weighted by atomic mass is 10.0. The van der Waals surface area contributed by atoms with Crippen LogP contribution in [0.1, 0.15) is 18.9 Å². The van der Waals surface area contributed by atoms with Crippen LogP contribution in [0.4, 0.5) is 4.39 Å². The molecule has 21 heavy (non-hydrogen) atoms. The van der Waals surface area contributed by atoms with Gasteiger partial charge >= 0.3 is 0 Å². The highest BCUT2D eigenvalue weighted by molar-refractivity contribution is 7.92. The molecule has 118 valence electrons. The third-order valence-corrected chi connectivity index (χ3v) is 6.91. The number of aliphatic hydroxyl groups excluding tert-OH is 1. The SMILES string of the molecule is CC1(NS(=O)(=O)c2cc(CO)ccc2F)CCS(=O)(=O)C1. The Morgan fingerprint density at radius 2 is 2.10 bits per heavy atom. The molecule has 1 fully saturated rings. The fourth-order valence-corrected chi connectivity index (χ4v) is 6.07. The Labute approximate surface area is 123 Å². The number of sulfone groups is 1. The summed E-state index contributed by atoms with van der Waals surface area (Å²) < 4.78 is 63.5. The molecule has 2 N–H and O–H groups in total. The molecule has 0 spiro atoms. The zero-order chi connectivity index (χ0) is 15.9. The van der Waals surface area contributed by atoms with E-state index in [-0.39, 0.29) is 23.5 Å². The molecule has 0 radical (unpaired) electrons. The fraction of sp³-hybridized carbons (Fsp3) is 0.500. The zero-order valence-corrected chi connectivity index (χ0v) is 13.0. The number of aliphatic hydroxyl groups is 1. The molecule has 1 aliphatic rings. The van der Waals surface area contributed by atoms with Gasteiger partial charge in [0, 0.05) is 5.54 Å². The molecule has 1 aromatic rings. The average molecular weight is 337 g/mol. The van der Waals surface area contributed by atoms with Crippen molar-refractivity contribution in [2.24, 2.45) is 0 Å². The van der Waals surface area contributed by atoms with Crippen molar-refractivity contribution in [2.45, 2.75) is 30.4 Å². The molecule has 1 aliphatic heterocycles. The maximum atomic E-state index is 13.7. The van der Waals surface area contributed by atoms with Crippen molar-refractivity contribution in [3.63, 3.8) is 0 Å². The molecule has 1 heterocycles. The van der Waals surface area contributed by atoms with Crippen LogP contribution in [0.15, 0.2) is 23.1 Å². The maximum Gasteiger partial charge on any atom is 0.244 e. The first-order chi connectivity index (χ1) is 9.57. The second-order valence-corrected chi connectivity index (χ2v) is 9.27. The van der Waals surface area contributed by atoms with E-state index in [1.54, 1.807) is 0 Å². The van der Waals surface area contributed by atoms with Gasteiger partial charge in [-0.1, -0.05) is 6.07 Å². The van der Waals surface area contributed by atoms with Crippen LogP contribution >= 0.6 is 0 Å². The van der Waals surface area contributed by atoms with E-state index in [9.17, 15) is 21.2 Å². The van der Waals surface area contributed by atoms with E-state index >= 15 is 0 Å². The number of sulfonamides is 1. The normalized spacial score (nSPS) is 25.1. The standard InChI is InChI=1S/C12H16FNO5S2/c1-12(4-5-20(16,17)8-12)14-21(18,19)11-6-9(7-15)2-3-10(11)13/h2-3,6,14-15H,4-5,7-8H2,1H3. The molecule has 0 aromatic heterocycles. The molecule has 0 aliphatic carbocycles. The van der Waals surface area contributed by atoms with Crippen molar-refractivity contribution in [1.82, 2.24) is 4.72 Å². The van der Waals surface area contributed by atoms with Crippen LogP contribution in [-0.4, -0.2) is 39.0 Å². The van der Waals surface area contributed by atoms with Crippen LogP contribution in [0.2, 0.25) is 0 Å². The number of benzene rings is 1. The van der Waals surface area contributed by atoms with Crippen molar-refractivity contribution in [3.05, 3.63) is 29.6 Å². The fourth-order valence-electron chi connectivity index (χ4n) is 2.32. The van der Waals surface area contributed by atoms with Gasteiger partial charge in [-0.3, -0.25) is 0 Å². The van der Waals surface area contributed by atoms with E-state index in [0.29, 0.717) is 0 Å². The predicted molar refractivity (Wildman–Crippen MR) is 74.3 cm³/mol. The van der Waals surface area contributed by atoms with Gasteiger partial charge in [0.15, 0.2) is 9.84 Å². The minimum absolute atomic E-state index is 0.106. The lowest BCUT2D eigenvalue weighted by Crippen LogP contribution is -2.47. The summed E-state index contributed by atoms with van der Waals surface area (Å²) in [7, 11) is -7.51. The molecule has 0 amide bonds. The van der Waals surface area contributed by atoms with Gasteiger partial charge in [0.25, 0.3) is 0 Å². The summed E-state index contributed by atoms with van der Waals surface area (Å²) in [5.41, 5.74) is -0.903. The summed E-state index contributed by atoms with van der Waals surface area (Å²) in [5, 5.41) is 9.01. The smallest absolute Gasteiger partial charge is 0.244 e. The molecular weight excluding hydrogens is 321 g/mol. The zero-order valence-electron chi connectivity index (χ0n) is 11.3. The quantitative estimate of drug-likeness (QED) is 0.816. The Morgan fingerprint density at radius 1 is 1.43 bits per heavy atom. The third kappa shape index (κ3) is 3.60. The summed E-state index contributed by atoms with van der Waals surface area (Å²) in [6.45, 7) is 1.05. The highest BCUT2D eigenvalue weighted by Gasteiger charge is 2.41. The maximum absolute atomic E-state index is 13.7. The molecule has 0 bridgehead atoms. The largest absolute Gasteiger partial charge is 0.392 e. The van der Waals surface area contributed by atoms with E-state index in [1.165, 1.54) is 13.0 Å². The second kappa shape index (κ2) is 5.31. The van der Waals surface area contributed by atoms with Gasteiger partial charge in [-0.15, -0.1) is 0 Å². The second-order valence-electron chi connectivity index (χ2n) is 5.43. The molecule has 1 unspecified atom stereocenters. The third-order valence-electron chi connectivity index (χ3n) is 3.35. The van der Waals surface area contributed by atoms with Gasteiger partial charge in [0.1, 0.15) is 10.7 Å². The first-order valence-corrected chi connectivity index (χ1v) is 9.51. The van der Waals surface area contributed by atoms with Crippen molar-refractivity contribution in [3.8, 4) is 0 Å². The Morgan fingerprint density at radius 3 is 2.62 bits per heavy atom.